The van der Waals surface area contributed by atoms with Gasteiger partial charge in [-0.25, -0.2) is 4.99 Å². The lowest BCUT2D eigenvalue weighted by Crippen LogP contribution is -2.24. The van der Waals surface area contributed by atoms with Crippen LogP contribution in [0.15, 0.2) is 17.6 Å². The van der Waals surface area contributed by atoms with Crippen molar-refractivity contribution in [3.63, 3.8) is 0 Å². The molecule has 3 heteroatoms. The fourth-order valence-corrected chi connectivity index (χ4v) is 3.83. The second kappa shape index (κ2) is 4.46. The molecule has 1 aliphatic rings. The zero-order valence-electron chi connectivity index (χ0n) is 10.3. The number of rotatable bonds is 2. The van der Waals surface area contributed by atoms with Crippen LogP contribution in [0.5, 0.6) is 0 Å². The van der Waals surface area contributed by atoms with Crippen LogP contribution in [0.3, 0.4) is 0 Å². The lowest BCUT2D eigenvalue weighted by molar-refractivity contribution is 0.486. The van der Waals surface area contributed by atoms with Crippen molar-refractivity contribution in [2.45, 2.75) is 38.5 Å². The zero-order chi connectivity index (χ0) is 12.5. The molecule has 0 bridgehead atoms. The number of hydrogen-bond acceptors (Lipinski definition) is 3. The van der Waals surface area contributed by atoms with E-state index in [1.807, 2.05) is 13.0 Å². The summed E-state index contributed by atoms with van der Waals surface area (Å²) in [6.07, 6.45) is 7.04. The quantitative estimate of drug-likeness (QED) is 0.569. The maximum Gasteiger partial charge on any atom is 0.133 e. The van der Waals surface area contributed by atoms with E-state index in [-0.39, 0.29) is 5.41 Å². The third kappa shape index (κ3) is 1.83. The number of aliphatic imine (C=N–C) groups is 1. The van der Waals surface area contributed by atoms with Gasteiger partial charge >= 0.3 is 0 Å². The van der Waals surface area contributed by atoms with Gasteiger partial charge in [0.1, 0.15) is 11.1 Å². The predicted molar refractivity (Wildman–Crippen MR) is 73.3 cm³/mol. The smallest absolute Gasteiger partial charge is 0.133 e. The summed E-state index contributed by atoms with van der Waals surface area (Å²) < 4.78 is 0. The number of nitrogens with zero attached hydrogens (tertiary/aromatic N) is 2. The van der Waals surface area contributed by atoms with Gasteiger partial charge in [-0.2, -0.15) is 5.26 Å². The van der Waals surface area contributed by atoms with E-state index in [9.17, 15) is 5.26 Å². The summed E-state index contributed by atoms with van der Waals surface area (Å²) in [7, 11) is 0. The highest BCUT2D eigenvalue weighted by Gasteiger charge is 2.35. The summed E-state index contributed by atoms with van der Waals surface area (Å²) in [4.78, 5) is 5.63. The second-order valence-corrected chi connectivity index (χ2v) is 5.64. The van der Waals surface area contributed by atoms with E-state index in [1.165, 1.54) is 10.4 Å². The van der Waals surface area contributed by atoms with Gasteiger partial charge in [0.15, 0.2) is 0 Å². The van der Waals surface area contributed by atoms with Crippen molar-refractivity contribution in [3.05, 3.63) is 28.7 Å². The highest BCUT2D eigenvalue weighted by molar-refractivity contribution is 7.16. The molecule has 0 saturated heterocycles. The summed E-state index contributed by atoms with van der Waals surface area (Å²) in [5.41, 5.74) is 1.87. The van der Waals surface area contributed by atoms with Gasteiger partial charge in [-0.05, 0) is 31.7 Å². The first-order chi connectivity index (χ1) is 8.16. The van der Waals surface area contributed by atoms with Crippen molar-refractivity contribution in [2.24, 2.45) is 4.99 Å². The van der Waals surface area contributed by atoms with E-state index in [2.05, 4.69) is 24.6 Å². The lowest BCUT2D eigenvalue weighted by atomic mass is 9.73. The highest BCUT2D eigenvalue weighted by Crippen LogP contribution is 2.47. The minimum Gasteiger partial charge on any atom is -0.249 e. The Balaban J connectivity index is 2.69. The number of allylic oxidation sites excluding steroid dienone is 1. The van der Waals surface area contributed by atoms with Crippen molar-refractivity contribution in [1.82, 2.24) is 0 Å². The van der Waals surface area contributed by atoms with Crippen molar-refractivity contribution >= 4 is 22.6 Å². The Labute approximate surface area is 106 Å². The van der Waals surface area contributed by atoms with Crippen LogP contribution >= 0.6 is 11.3 Å². The van der Waals surface area contributed by atoms with Crippen molar-refractivity contribution < 1.29 is 0 Å². The van der Waals surface area contributed by atoms with E-state index in [0.29, 0.717) is 0 Å². The fourth-order valence-electron chi connectivity index (χ4n) is 2.50. The molecule has 0 amide bonds. The first kappa shape index (κ1) is 12.1. The summed E-state index contributed by atoms with van der Waals surface area (Å²) in [6, 6.07) is 2.33. The lowest BCUT2D eigenvalue weighted by Gasteiger charge is -2.31. The molecule has 88 valence electrons. The van der Waals surface area contributed by atoms with Crippen LogP contribution in [0.4, 0.5) is 5.00 Å². The molecule has 0 N–H and O–H groups in total. The summed E-state index contributed by atoms with van der Waals surface area (Å²) in [6.45, 7) is 8.00. The van der Waals surface area contributed by atoms with Crippen LogP contribution in [0, 0.1) is 11.3 Å². The van der Waals surface area contributed by atoms with Gasteiger partial charge in [-0.3, -0.25) is 0 Å². The van der Waals surface area contributed by atoms with Gasteiger partial charge < -0.3 is 0 Å². The molecule has 2 nitrogen and oxygen atoms in total. The molecule has 2 rings (SSSR count). The van der Waals surface area contributed by atoms with Crippen molar-refractivity contribution in [1.29, 1.82) is 5.26 Å². The van der Waals surface area contributed by atoms with Gasteiger partial charge in [-0.1, -0.05) is 13.0 Å². The van der Waals surface area contributed by atoms with Crippen LogP contribution in [0.2, 0.25) is 0 Å². The van der Waals surface area contributed by atoms with Crippen LogP contribution in [0.25, 0.3) is 0 Å². The number of aryl methyl sites for hydroxylation is 1. The monoisotopic (exact) mass is 244 g/mol. The first-order valence-electron chi connectivity index (χ1n) is 5.85. The standard InChI is InChI=1S/C14H16N2S/c1-4-14(3)8-6-7-11-12(14)10(9-15)13(17-11)16-5-2/h4-5H,1,6-8H2,2-3H3/b16-5+/t14-/m0/s1. The Bertz CT molecular complexity index is 519. The van der Waals surface area contributed by atoms with Crippen molar-refractivity contribution in [3.8, 4) is 6.07 Å². The Hall–Kier alpha value is -1.40. The molecule has 1 atom stereocenters. The number of hydrogen-bond donors (Lipinski definition) is 0. The zero-order valence-corrected chi connectivity index (χ0v) is 11.1. The summed E-state index contributed by atoms with van der Waals surface area (Å²) >= 11 is 1.66. The molecule has 0 spiro atoms. The average Bonchev–Trinajstić information content (AvgIpc) is 2.69. The average molecular weight is 244 g/mol. The highest BCUT2D eigenvalue weighted by atomic mass is 32.1. The number of fused-ring (bicyclic) bond motifs is 1. The van der Waals surface area contributed by atoms with Crippen LogP contribution in [0.1, 0.15) is 42.7 Å². The Morgan fingerprint density at radius 3 is 2.94 bits per heavy atom. The van der Waals surface area contributed by atoms with Gasteiger partial charge in [-0.15, -0.1) is 17.9 Å². The van der Waals surface area contributed by atoms with Crippen LogP contribution < -0.4 is 0 Å². The minimum atomic E-state index is -0.0589. The van der Waals surface area contributed by atoms with Gasteiger partial charge in [0, 0.05) is 16.5 Å². The van der Waals surface area contributed by atoms with E-state index in [0.717, 1.165) is 29.8 Å². The SMILES string of the molecule is C=C[C@@]1(C)CCCc2sc(/N=C/C)c(C#N)c21. The second-order valence-electron chi connectivity index (χ2n) is 4.55. The van der Waals surface area contributed by atoms with E-state index < -0.39 is 0 Å². The molecule has 1 aliphatic carbocycles. The molecule has 1 aromatic heterocycles. The van der Waals surface area contributed by atoms with Gasteiger partial charge in [0.25, 0.3) is 0 Å². The molecule has 0 aromatic carbocycles. The maximum atomic E-state index is 9.37. The normalized spacial score (nSPS) is 23.4. The third-order valence-corrected chi connectivity index (χ3v) is 4.60. The Morgan fingerprint density at radius 2 is 2.35 bits per heavy atom. The molecule has 1 aromatic rings. The molecule has 17 heavy (non-hydrogen) atoms. The van der Waals surface area contributed by atoms with Crippen LogP contribution in [-0.2, 0) is 11.8 Å². The van der Waals surface area contributed by atoms with E-state index in [4.69, 9.17) is 0 Å². The molecule has 0 fully saturated rings. The molecule has 0 unspecified atom stereocenters. The van der Waals surface area contributed by atoms with E-state index >= 15 is 0 Å². The van der Waals surface area contributed by atoms with Gasteiger partial charge in [0.05, 0.1) is 5.56 Å². The maximum absolute atomic E-state index is 9.37. The minimum absolute atomic E-state index is 0.0589. The molecular weight excluding hydrogens is 228 g/mol. The Morgan fingerprint density at radius 1 is 1.59 bits per heavy atom. The third-order valence-electron chi connectivity index (χ3n) is 3.44. The summed E-state index contributed by atoms with van der Waals surface area (Å²) in [5, 5.41) is 10.2. The molecule has 0 saturated carbocycles. The molecule has 0 radical (unpaired) electrons. The molecule has 0 aliphatic heterocycles. The number of nitriles is 1. The molecular formula is C14H16N2S. The summed E-state index contributed by atoms with van der Waals surface area (Å²) in [5.74, 6) is 0. The largest absolute Gasteiger partial charge is 0.249 e. The number of thiophene rings is 1. The van der Waals surface area contributed by atoms with E-state index in [1.54, 1.807) is 17.6 Å². The first-order valence-corrected chi connectivity index (χ1v) is 6.66. The molecule has 1 heterocycles. The van der Waals surface area contributed by atoms with Gasteiger partial charge in [0.2, 0.25) is 0 Å². The fraction of sp³-hybridized carbons (Fsp3) is 0.429. The van der Waals surface area contributed by atoms with Crippen LogP contribution in [-0.4, -0.2) is 6.21 Å². The van der Waals surface area contributed by atoms with Crippen molar-refractivity contribution in [2.75, 3.05) is 0 Å². The Kier molecular flexibility index (Phi) is 3.17. The predicted octanol–water partition coefficient (Wildman–Crippen LogP) is 4.12. The topological polar surface area (TPSA) is 36.1 Å².